The number of rotatable bonds is 11. The summed E-state index contributed by atoms with van der Waals surface area (Å²) < 4.78 is 12.4. The molecule has 31 heavy (non-hydrogen) atoms. The lowest BCUT2D eigenvalue weighted by molar-refractivity contribution is -0.305. The molecule has 1 heterocycles. The van der Waals surface area contributed by atoms with E-state index in [1.807, 2.05) is 18.5 Å². The average molecular weight is 431 g/mol. The lowest BCUT2D eigenvalue weighted by Crippen LogP contribution is -2.21. The molecule has 0 bridgehead atoms. The van der Waals surface area contributed by atoms with E-state index in [9.17, 15) is 14.7 Å². The Balaban J connectivity index is 0.000000407. The molecule has 172 valence electrons. The maximum absolute atomic E-state index is 12.8. The van der Waals surface area contributed by atoms with Gasteiger partial charge >= 0.3 is 0 Å². The third-order valence-electron chi connectivity index (χ3n) is 5.23. The van der Waals surface area contributed by atoms with Gasteiger partial charge in [0.1, 0.15) is 0 Å². The average Bonchev–Trinajstić information content (AvgIpc) is 3.05. The lowest BCUT2D eigenvalue weighted by atomic mass is 10.1. The molecular formula is C25H36NO5-. The molecule has 0 spiro atoms. The van der Waals surface area contributed by atoms with Crippen molar-refractivity contribution in [1.82, 2.24) is 4.57 Å². The van der Waals surface area contributed by atoms with Gasteiger partial charge in [-0.25, -0.2) is 0 Å². The Kier molecular flexibility index (Phi) is 11.5. The molecule has 0 aliphatic carbocycles. The second-order valence-corrected chi connectivity index (χ2v) is 7.51. The van der Waals surface area contributed by atoms with Crippen molar-refractivity contribution in [2.24, 2.45) is 7.05 Å². The third kappa shape index (κ3) is 7.78. The fourth-order valence-electron chi connectivity index (χ4n) is 3.48. The van der Waals surface area contributed by atoms with Crippen LogP contribution in [0.1, 0.15) is 79.7 Å². The van der Waals surface area contributed by atoms with E-state index in [1.54, 1.807) is 32.4 Å². The number of carbonyl (C=O) groups excluding carboxylic acids is 2. The number of carboxylic acid groups (broad SMARTS) is 1. The first-order valence-corrected chi connectivity index (χ1v) is 10.9. The Hall–Kier alpha value is -2.76. The molecule has 1 aromatic carbocycles. The number of methoxy groups -OCH3 is 2. The van der Waals surface area contributed by atoms with Crippen molar-refractivity contribution in [3.8, 4) is 11.5 Å². The van der Waals surface area contributed by atoms with Crippen molar-refractivity contribution in [2.75, 3.05) is 14.2 Å². The van der Waals surface area contributed by atoms with Crippen LogP contribution in [0.2, 0.25) is 0 Å². The number of ketones is 1. The first-order valence-electron chi connectivity index (χ1n) is 10.9. The van der Waals surface area contributed by atoms with Crippen LogP contribution in [0.4, 0.5) is 0 Å². The first-order chi connectivity index (χ1) is 14.8. The third-order valence-corrected chi connectivity index (χ3v) is 5.23. The topological polar surface area (TPSA) is 80.6 Å². The summed E-state index contributed by atoms with van der Waals surface area (Å²) in [5, 5.41) is 9.92. The highest BCUT2D eigenvalue weighted by Gasteiger charge is 2.19. The van der Waals surface area contributed by atoms with Gasteiger partial charge in [0, 0.05) is 24.3 Å². The number of aliphatic carboxylic acids is 1. The number of aromatic nitrogens is 1. The van der Waals surface area contributed by atoms with Crippen LogP contribution in [0.25, 0.3) is 0 Å². The Morgan fingerprint density at radius 2 is 1.61 bits per heavy atom. The second-order valence-electron chi connectivity index (χ2n) is 7.51. The smallest absolute Gasteiger partial charge is 0.209 e. The quantitative estimate of drug-likeness (QED) is 0.393. The standard InChI is InChI=1S/C17H21NO3.C8H16O2/c1-6-13-9-11(2)16(18(13)3)17(19)12-7-8-14(20-4)15(10-12)21-5;1-2-3-4-5-6-7-8(9)10/h7-10H,6H2,1-5H3;2-7H2,1H3,(H,9,10)/p-1. The Morgan fingerprint density at radius 3 is 2.13 bits per heavy atom. The van der Waals surface area contributed by atoms with Gasteiger partial charge in [-0.15, -0.1) is 0 Å². The van der Waals surface area contributed by atoms with Gasteiger partial charge in [0.15, 0.2) is 11.5 Å². The minimum Gasteiger partial charge on any atom is -0.550 e. The number of carboxylic acids is 1. The van der Waals surface area contributed by atoms with E-state index in [-0.39, 0.29) is 12.2 Å². The molecule has 2 aromatic rings. The molecule has 0 saturated carbocycles. The molecule has 0 aliphatic rings. The van der Waals surface area contributed by atoms with E-state index in [1.165, 1.54) is 12.8 Å². The highest BCUT2D eigenvalue weighted by Crippen LogP contribution is 2.29. The summed E-state index contributed by atoms with van der Waals surface area (Å²) in [6.45, 7) is 6.19. The predicted molar refractivity (Wildman–Crippen MR) is 121 cm³/mol. The zero-order valence-corrected chi connectivity index (χ0v) is 19.7. The monoisotopic (exact) mass is 430 g/mol. The molecule has 2 rings (SSSR count). The number of aryl methyl sites for hydroxylation is 2. The molecular weight excluding hydrogens is 394 g/mol. The van der Waals surface area contributed by atoms with Gasteiger partial charge in [-0.2, -0.15) is 0 Å². The van der Waals surface area contributed by atoms with E-state index in [0.29, 0.717) is 17.1 Å². The normalized spacial score (nSPS) is 10.3. The summed E-state index contributed by atoms with van der Waals surface area (Å²) in [7, 11) is 5.07. The Bertz CT molecular complexity index is 854. The number of nitrogens with zero attached hydrogens (tertiary/aromatic N) is 1. The highest BCUT2D eigenvalue weighted by molar-refractivity contribution is 6.09. The van der Waals surface area contributed by atoms with Crippen molar-refractivity contribution < 1.29 is 24.2 Å². The Morgan fingerprint density at radius 1 is 0.968 bits per heavy atom. The SMILES string of the molecule is CCCCCCCC(=O)[O-].CCc1cc(C)c(C(=O)c2ccc(OC)c(OC)c2)n1C. The molecule has 0 atom stereocenters. The van der Waals surface area contributed by atoms with Gasteiger partial charge in [0.25, 0.3) is 0 Å². The summed E-state index contributed by atoms with van der Waals surface area (Å²) in [6, 6.07) is 7.31. The fourth-order valence-corrected chi connectivity index (χ4v) is 3.48. The second kappa shape index (κ2) is 13.5. The zero-order valence-electron chi connectivity index (χ0n) is 19.7. The van der Waals surface area contributed by atoms with Gasteiger partial charge in [0.05, 0.1) is 19.9 Å². The number of benzene rings is 1. The molecule has 0 radical (unpaired) electrons. The van der Waals surface area contributed by atoms with Crippen LogP contribution in [0.15, 0.2) is 24.3 Å². The largest absolute Gasteiger partial charge is 0.550 e. The van der Waals surface area contributed by atoms with Gasteiger partial charge in [0.2, 0.25) is 5.78 Å². The molecule has 0 unspecified atom stereocenters. The zero-order chi connectivity index (χ0) is 23.4. The molecule has 0 aliphatic heterocycles. The van der Waals surface area contributed by atoms with Crippen molar-refractivity contribution in [2.45, 2.75) is 65.7 Å². The summed E-state index contributed by atoms with van der Waals surface area (Å²) in [6.07, 6.45) is 6.51. The van der Waals surface area contributed by atoms with Crippen LogP contribution in [-0.2, 0) is 18.3 Å². The van der Waals surface area contributed by atoms with Crippen LogP contribution in [0, 0.1) is 6.92 Å². The minimum absolute atomic E-state index is 0.00402. The van der Waals surface area contributed by atoms with Crippen molar-refractivity contribution in [1.29, 1.82) is 0 Å². The summed E-state index contributed by atoms with van der Waals surface area (Å²) in [5.74, 6) is 0.255. The fraction of sp³-hybridized carbons (Fsp3) is 0.520. The lowest BCUT2D eigenvalue weighted by Gasteiger charge is -2.10. The molecule has 6 heteroatoms. The van der Waals surface area contributed by atoms with Crippen LogP contribution >= 0.6 is 0 Å². The number of unbranched alkanes of at least 4 members (excludes halogenated alkanes) is 4. The molecule has 6 nitrogen and oxygen atoms in total. The van der Waals surface area contributed by atoms with Crippen molar-refractivity contribution >= 4 is 11.8 Å². The van der Waals surface area contributed by atoms with E-state index in [2.05, 4.69) is 19.9 Å². The van der Waals surface area contributed by atoms with E-state index in [0.717, 1.165) is 42.6 Å². The van der Waals surface area contributed by atoms with Crippen LogP contribution < -0.4 is 14.6 Å². The highest BCUT2D eigenvalue weighted by atomic mass is 16.5. The van der Waals surface area contributed by atoms with Gasteiger partial charge in [-0.05, 0) is 56.0 Å². The van der Waals surface area contributed by atoms with Gasteiger partial charge in [-0.1, -0.05) is 39.5 Å². The Labute approximate surface area is 186 Å². The van der Waals surface area contributed by atoms with Crippen molar-refractivity contribution in [3.05, 3.63) is 46.8 Å². The number of hydrogen-bond acceptors (Lipinski definition) is 5. The minimum atomic E-state index is -0.920. The van der Waals surface area contributed by atoms with E-state index < -0.39 is 5.97 Å². The molecule has 0 saturated heterocycles. The molecule has 0 fully saturated rings. The van der Waals surface area contributed by atoms with Crippen molar-refractivity contribution in [3.63, 3.8) is 0 Å². The van der Waals surface area contributed by atoms with Gasteiger partial charge < -0.3 is 23.9 Å². The van der Waals surface area contributed by atoms with Crippen LogP contribution in [0.3, 0.4) is 0 Å². The number of hydrogen-bond donors (Lipinski definition) is 0. The summed E-state index contributed by atoms with van der Waals surface area (Å²) in [5.41, 5.74) is 3.46. The van der Waals surface area contributed by atoms with Gasteiger partial charge in [-0.3, -0.25) is 4.79 Å². The molecule has 0 N–H and O–H groups in total. The molecule has 1 aromatic heterocycles. The van der Waals surface area contributed by atoms with E-state index >= 15 is 0 Å². The number of carbonyl (C=O) groups is 2. The maximum atomic E-state index is 12.8. The number of ether oxygens (including phenoxy) is 2. The maximum Gasteiger partial charge on any atom is 0.209 e. The predicted octanol–water partition coefficient (Wildman–Crippen LogP) is 4.24. The first kappa shape index (κ1) is 26.3. The van der Waals surface area contributed by atoms with E-state index in [4.69, 9.17) is 9.47 Å². The van der Waals surface area contributed by atoms with Crippen LogP contribution in [0.5, 0.6) is 11.5 Å². The summed E-state index contributed by atoms with van der Waals surface area (Å²) in [4.78, 5) is 22.7. The summed E-state index contributed by atoms with van der Waals surface area (Å²) >= 11 is 0. The molecule has 0 amide bonds. The van der Waals surface area contributed by atoms with Crippen LogP contribution in [-0.4, -0.2) is 30.5 Å².